The number of phenols is 1. The molecule has 84 valence electrons. The van der Waals surface area contributed by atoms with Gasteiger partial charge in [0.2, 0.25) is 0 Å². The minimum Gasteiger partial charge on any atom is -0.508 e. The molecule has 0 spiro atoms. The predicted molar refractivity (Wildman–Crippen MR) is 65.5 cm³/mol. The summed E-state index contributed by atoms with van der Waals surface area (Å²) in [6, 6.07) is 3.91. The molecule has 0 saturated heterocycles. The molecule has 0 heterocycles. The molecule has 0 atom stereocenters. The molecule has 1 heteroatoms. The minimum absolute atomic E-state index is 0.473. The Bertz CT molecular complexity index is 315. The van der Waals surface area contributed by atoms with Crippen LogP contribution in [0.25, 0.3) is 0 Å². The van der Waals surface area contributed by atoms with E-state index in [2.05, 4.69) is 26.8 Å². The van der Waals surface area contributed by atoms with Crippen molar-refractivity contribution >= 4 is 0 Å². The summed E-state index contributed by atoms with van der Waals surface area (Å²) >= 11 is 0. The van der Waals surface area contributed by atoms with E-state index in [1.165, 1.54) is 24.0 Å². The van der Waals surface area contributed by atoms with E-state index >= 15 is 0 Å². The average Bonchev–Trinajstić information content (AvgIpc) is 2.22. The van der Waals surface area contributed by atoms with Gasteiger partial charge in [0, 0.05) is 0 Å². The third-order valence-electron chi connectivity index (χ3n) is 2.99. The summed E-state index contributed by atoms with van der Waals surface area (Å²) in [6.45, 7) is 6.51. The quantitative estimate of drug-likeness (QED) is 0.772. The van der Waals surface area contributed by atoms with Crippen molar-refractivity contribution in [1.82, 2.24) is 0 Å². The lowest BCUT2D eigenvalue weighted by Gasteiger charge is -2.12. The number of aryl methyl sites for hydroxylation is 1. The molecule has 1 N–H and O–H groups in total. The Balaban J connectivity index is 2.95. The Morgan fingerprint density at radius 2 is 1.80 bits per heavy atom. The first kappa shape index (κ1) is 12.1. The van der Waals surface area contributed by atoms with E-state index in [-0.39, 0.29) is 0 Å². The number of benzene rings is 1. The number of unbranched alkanes of at least 4 members (excludes halogenated alkanes) is 1. The molecule has 0 saturated carbocycles. The van der Waals surface area contributed by atoms with Crippen LogP contribution >= 0.6 is 0 Å². The first-order chi connectivity index (χ1) is 7.20. The Hall–Kier alpha value is -0.980. The van der Waals surface area contributed by atoms with Crippen molar-refractivity contribution in [2.45, 2.75) is 52.9 Å². The number of rotatable bonds is 5. The molecule has 0 amide bonds. The molecule has 0 radical (unpaired) electrons. The fourth-order valence-electron chi connectivity index (χ4n) is 2.00. The lowest BCUT2D eigenvalue weighted by atomic mass is 9.95. The molecule has 0 aliphatic heterocycles. The van der Waals surface area contributed by atoms with Gasteiger partial charge in [-0.1, -0.05) is 32.8 Å². The Kier molecular flexibility index (Phi) is 4.67. The number of phenolic OH excluding ortho intramolecular Hbond substituents is 1. The molecule has 0 fully saturated rings. The van der Waals surface area contributed by atoms with Crippen molar-refractivity contribution in [2.24, 2.45) is 0 Å². The van der Waals surface area contributed by atoms with Gasteiger partial charge >= 0.3 is 0 Å². The van der Waals surface area contributed by atoms with Crippen LogP contribution < -0.4 is 0 Å². The van der Waals surface area contributed by atoms with Gasteiger partial charge in [-0.3, -0.25) is 0 Å². The van der Waals surface area contributed by atoms with Crippen LogP contribution in [0.3, 0.4) is 0 Å². The van der Waals surface area contributed by atoms with Crippen LogP contribution in [0.1, 0.15) is 49.8 Å². The molecular formula is C14H22O. The van der Waals surface area contributed by atoms with Gasteiger partial charge in [-0.05, 0) is 48.9 Å². The Labute approximate surface area is 93.1 Å². The fourth-order valence-corrected chi connectivity index (χ4v) is 2.00. The van der Waals surface area contributed by atoms with Crippen molar-refractivity contribution in [3.8, 4) is 5.75 Å². The van der Waals surface area contributed by atoms with Crippen LogP contribution in [0.15, 0.2) is 12.1 Å². The monoisotopic (exact) mass is 206 g/mol. The maximum atomic E-state index is 9.81. The maximum Gasteiger partial charge on any atom is 0.119 e. The largest absolute Gasteiger partial charge is 0.508 e. The fraction of sp³-hybridized carbons (Fsp3) is 0.571. The van der Waals surface area contributed by atoms with Crippen LogP contribution in [0.5, 0.6) is 5.75 Å². The molecule has 0 unspecified atom stereocenters. The van der Waals surface area contributed by atoms with Crippen molar-refractivity contribution in [2.75, 3.05) is 0 Å². The van der Waals surface area contributed by atoms with E-state index in [4.69, 9.17) is 0 Å². The van der Waals surface area contributed by atoms with Gasteiger partial charge in [0.05, 0.1) is 0 Å². The summed E-state index contributed by atoms with van der Waals surface area (Å²) in [4.78, 5) is 0. The molecule has 1 nitrogen and oxygen atoms in total. The minimum atomic E-state index is 0.473. The molecule has 0 bridgehead atoms. The van der Waals surface area contributed by atoms with Crippen LogP contribution in [0.2, 0.25) is 0 Å². The second-order valence-electron chi connectivity index (χ2n) is 4.20. The van der Waals surface area contributed by atoms with E-state index in [9.17, 15) is 5.11 Å². The topological polar surface area (TPSA) is 20.2 Å². The summed E-state index contributed by atoms with van der Waals surface area (Å²) in [5.74, 6) is 0.473. The van der Waals surface area contributed by atoms with Gasteiger partial charge < -0.3 is 5.11 Å². The van der Waals surface area contributed by atoms with E-state index < -0.39 is 0 Å². The Morgan fingerprint density at radius 3 is 2.40 bits per heavy atom. The van der Waals surface area contributed by atoms with Crippen molar-refractivity contribution < 1.29 is 5.11 Å². The van der Waals surface area contributed by atoms with E-state index in [1.807, 2.05) is 6.07 Å². The summed E-state index contributed by atoms with van der Waals surface area (Å²) < 4.78 is 0. The smallest absolute Gasteiger partial charge is 0.119 e. The third-order valence-corrected chi connectivity index (χ3v) is 2.99. The van der Waals surface area contributed by atoms with E-state index in [1.54, 1.807) is 0 Å². The molecule has 1 aromatic carbocycles. The number of aromatic hydroxyl groups is 1. The average molecular weight is 206 g/mol. The standard InChI is InChI=1S/C14H22O/c1-4-6-8-13-11(3)12(7-5-2)9-10-14(13)15/h9-10,15H,4-8H2,1-3H3. The van der Waals surface area contributed by atoms with Crippen LogP contribution in [0, 0.1) is 6.92 Å². The molecule has 0 aliphatic rings. The molecule has 0 aromatic heterocycles. The van der Waals surface area contributed by atoms with Crippen LogP contribution in [-0.2, 0) is 12.8 Å². The second kappa shape index (κ2) is 5.79. The lowest BCUT2D eigenvalue weighted by Crippen LogP contribution is -1.96. The zero-order chi connectivity index (χ0) is 11.3. The molecular weight excluding hydrogens is 184 g/mol. The Morgan fingerprint density at radius 1 is 1.07 bits per heavy atom. The lowest BCUT2D eigenvalue weighted by molar-refractivity contribution is 0.465. The first-order valence-corrected chi connectivity index (χ1v) is 6.01. The van der Waals surface area contributed by atoms with Crippen LogP contribution in [-0.4, -0.2) is 5.11 Å². The summed E-state index contributed by atoms with van der Waals surface area (Å²) in [5, 5.41) is 9.81. The maximum absolute atomic E-state index is 9.81. The molecule has 1 aromatic rings. The zero-order valence-corrected chi connectivity index (χ0v) is 10.1. The van der Waals surface area contributed by atoms with Gasteiger partial charge in [0.25, 0.3) is 0 Å². The third kappa shape index (κ3) is 2.98. The highest BCUT2D eigenvalue weighted by molar-refractivity contribution is 5.43. The van der Waals surface area contributed by atoms with Gasteiger partial charge in [-0.15, -0.1) is 0 Å². The molecule has 1 rings (SSSR count). The summed E-state index contributed by atoms with van der Waals surface area (Å²) in [6.07, 6.45) is 5.62. The summed E-state index contributed by atoms with van der Waals surface area (Å²) in [7, 11) is 0. The van der Waals surface area contributed by atoms with Crippen LogP contribution in [0.4, 0.5) is 0 Å². The highest BCUT2D eigenvalue weighted by Gasteiger charge is 2.08. The summed E-state index contributed by atoms with van der Waals surface area (Å²) in [5.41, 5.74) is 3.84. The second-order valence-corrected chi connectivity index (χ2v) is 4.20. The first-order valence-electron chi connectivity index (χ1n) is 6.01. The number of hydrogen-bond donors (Lipinski definition) is 1. The van der Waals surface area contributed by atoms with Gasteiger partial charge in [-0.25, -0.2) is 0 Å². The van der Waals surface area contributed by atoms with E-state index in [0.717, 1.165) is 24.8 Å². The van der Waals surface area contributed by atoms with Crippen molar-refractivity contribution in [1.29, 1.82) is 0 Å². The van der Waals surface area contributed by atoms with Gasteiger partial charge in [0.1, 0.15) is 5.75 Å². The predicted octanol–water partition coefficient (Wildman–Crippen LogP) is 4.00. The normalized spacial score (nSPS) is 10.6. The van der Waals surface area contributed by atoms with Gasteiger partial charge in [0.15, 0.2) is 0 Å². The van der Waals surface area contributed by atoms with Crippen molar-refractivity contribution in [3.63, 3.8) is 0 Å². The van der Waals surface area contributed by atoms with Crippen molar-refractivity contribution in [3.05, 3.63) is 28.8 Å². The highest BCUT2D eigenvalue weighted by Crippen LogP contribution is 2.26. The zero-order valence-electron chi connectivity index (χ0n) is 10.1. The molecule has 15 heavy (non-hydrogen) atoms. The van der Waals surface area contributed by atoms with E-state index in [0.29, 0.717) is 5.75 Å². The number of hydrogen-bond acceptors (Lipinski definition) is 1. The van der Waals surface area contributed by atoms with Gasteiger partial charge in [-0.2, -0.15) is 0 Å². The SMILES string of the molecule is CCCCc1c(O)ccc(CCC)c1C. The highest BCUT2D eigenvalue weighted by atomic mass is 16.3. The molecule has 0 aliphatic carbocycles.